The molecule has 7 heteroatoms. The van der Waals surface area contributed by atoms with Gasteiger partial charge in [0.2, 0.25) is 0 Å². The van der Waals surface area contributed by atoms with Gasteiger partial charge in [-0.2, -0.15) is 0 Å². The Bertz CT molecular complexity index is 584. The van der Waals surface area contributed by atoms with Crippen molar-refractivity contribution in [2.45, 2.75) is 148 Å². The van der Waals surface area contributed by atoms with Crippen molar-refractivity contribution in [1.82, 2.24) is 0 Å². The summed E-state index contributed by atoms with van der Waals surface area (Å²) in [6.45, 7) is 22.4. The van der Waals surface area contributed by atoms with E-state index in [0.717, 1.165) is 6.42 Å². The van der Waals surface area contributed by atoms with Crippen LogP contribution in [0, 0.1) is 6.04 Å². The van der Waals surface area contributed by atoms with E-state index in [4.69, 9.17) is 13.3 Å². The van der Waals surface area contributed by atoms with E-state index in [1.54, 1.807) is 0 Å². The zero-order valence-corrected chi connectivity index (χ0v) is 26.4. The van der Waals surface area contributed by atoms with Crippen molar-refractivity contribution in [3.05, 3.63) is 6.04 Å². The second-order valence-electron chi connectivity index (χ2n) is 13.3. The minimum atomic E-state index is -2.11. The standard InChI is InChI=1S/C24H51O3Si4/c1-11-18-31(28(8)19-12-15-22(2,3)25-28,29(9)20-13-16-23(4,5)26-29)30(10)21-14-17-24(6,7)27-30/h18H,11-17,19-21H2,1-10H3. The molecule has 0 aromatic heterocycles. The van der Waals surface area contributed by atoms with Gasteiger partial charge in [-0.25, -0.2) is 0 Å². The monoisotopic (exact) mass is 499 g/mol. The van der Waals surface area contributed by atoms with Gasteiger partial charge >= 0.3 is 0 Å². The third-order valence-electron chi connectivity index (χ3n) is 8.82. The Morgan fingerprint density at radius 3 is 1.16 bits per heavy atom. The van der Waals surface area contributed by atoms with Crippen LogP contribution in [0.4, 0.5) is 0 Å². The van der Waals surface area contributed by atoms with E-state index < -0.39 is 30.1 Å². The lowest BCUT2D eigenvalue weighted by molar-refractivity contribution is 0.0682. The third kappa shape index (κ3) is 4.67. The molecule has 3 heterocycles. The first-order valence-electron chi connectivity index (χ1n) is 13.0. The lowest BCUT2D eigenvalue weighted by Crippen LogP contribution is -2.92. The zero-order chi connectivity index (χ0) is 23.4. The van der Waals surface area contributed by atoms with Gasteiger partial charge in [0.15, 0.2) is 23.5 Å². The number of rotatable bonds is 5. The molecule has 0 N–H and O–H groups in total. The molecule has 3 rings (SSSR count). The van der Waals surface area contributed by atoms with E-state index in [0.29, 0.717) is 0 Å². The van der Waals surface area contributed by atoms with E-state index >= 15 is 0 Å². The molecular formula is C24H51O3Si4. The summed E-state index contributed by atoms with van der Waals surface area (Å²) in [5.74, 6) is 0. The molecule has 0 spiro atoms. The molecule has 0 bridgehead atoms. The molecule has 3 saturated heterocycles. The van der Waals surface area contributed by atoms with E-state index in [9.17, 15) is 0 Å². The van der Waals surface area contributed by atoms with Crippen LogP contribution in [-0.4, -0.2) is 46.9 Å². The normalized spacial score (nSPS) is 42.0. The molecule has 3 aliphatic rings. The van der Waals surface area contributed by atoms with Crippen molar-refractivity contribution in [1.29, 1.82) is 0 Å². The highest BCUT2D eigenvalue weighted by atomic mass is 29.9. The van der Waals surface area contributed by atoms with Crippen molar-refractivity contribution >= 4 is 30.1 Å². The first-order chi connectivity index (χ1) is 14.1. The van der Waals surface area contributed by atoms with Crippen molar-refractivity contribution < 1.29 is 13.3 Å². The Hall–Kier alpha value is 0.748. The first kappa shape index (κ1) is 26.4. The first-order valence-corrected chi connectivity index (χ1v) is 25.9. The fourth-order valence-electron chi connectivity index (χ4n) is 8.15. The lowest BCUT2D eigenvalue weighted by atomic mass is 10.0. The highest BCUT2D eigenvalue weighted by Crippen LogP contribution is 2.54. The van der Waals surface area contributed by atoms with Gasteiger partial charge in [-0.1, -0.05) is 32.6 Å². The van der Waals surface area contributed by atoms with Crippen LogP contribution in [-0.2, 0) is 13.3 Å². The van der Waals surface area contributed by atoms with Gasteiger partial charge in [-0.05, 0) is 105 Å². The van der Waals surface area contributed by atoms with Gasteiger partial charge in [-0.3, -0.25) is 0 Å². The van der Waals surface area contributed by atoms with Gasteiger partial charge < -0.3 is 13.3 Å². The molecule has 1 radical (unpaired) electrons. The molecular weight excluding hydrogens is 449 g/mol. The number of hydrogen-bond acceptors (Lipinski definition) is 3. The molecule has 0 aliphatic carbocycles. The predicted octanol–water partition coefficient (Wildman–Crippen LogP) is 7.32. The molecule has 3 nitrogen and oxygen atoms in total. The molecule has 31 heavy (non-hydrogen) atoms. The molecule has 3 fully saturated rings. The fraction of sp³-hybridized carbons (Fsp3) is 0.958. The van der Waals surface area contributed by atoms with Gasteiger partial charge in [0.05, 0.1) is 16.8 Å². The van der Waals surface area contributed by atoms with E-state index in [2.05, 4.69) is 74.2 Å². The summed E-state index contributed by atoms with van der Waals surface area (Å²) in [5, 5.41) is 0. The number of hydrogen-bond donors (Lipinski definition) is 0. The summed E-state index contributed by atoms with van der Waals surface area (Å²) in [6, 6.07) is 6.84. The average molecular weight is 500 g/mol. The minimum Gasteiger partial charge on any atom is -0.415 e. The quantitative estimate of drug-likeness (QED) is 0.371. The smallest absolute Gasteiger partial charge is 0.178 e. The molecule has 0 aromatic rings. The molecule has 181 valence electrons. The van der Waals surface area contributed by atoms with Gasteiger partial charge in [-0.15, -0.1) is 0 Å². The molecule has 3 atom stereocenters. The summed E-state index contributed by atoms with van der Waals surface area (Å²) in [6.07, 6.45) is 8.71. The van der Waals surface area contributed by atoms with Crippen LogP contribution in [0.3, 0.4) is 0 Å². The van der Waals surface area contributed by atoms with Gasteiger partial charge in [0.1, 0.15) is 6.63 Å². The van der Waals surface area contributed by atoms with E-state index in [1.165, 1.54) is 56.7 Å². The van der Waals surface area contributed by atoms with Crippen LogP contribution in [0.2, 0.25) is 37.8 Å². The Kier molecular flexibility index (Phi) is 7.18. The summed E-state index contributed by atoms with van der Waals surface area (Å²) in [5.41, 5.74) is 0.00876. The van der Waals surface area contributed by atoms with Crippen LogP contribution in [0.1, 0.15) is 93.4 Å². The Labute approximate surface area is 197 Å². The minimum absolute atomic E-state index is 0.00292. The SMILES string of the molecule is CC[CH][Si]([Si]1(C)CCCC(C)(C)O1)([Si]1(C)CCCC(C)(C)O1)[Si]1(C)CCCC(C)(C)O1. The maximum atomic E-state index is 7.43. The van der Waals surface area contributed by atoms with Crippen LogP contribution in [0.25, 0.3) is 0 Å². The lowest BCUT2D eigenvalue weighted by Gasteiger charge is -2.66. The fourth-order valence-corrected chi connectivity index (χ4v) is 86.5. The molecule has 3 aliphatic heterocycles. The highest BCUT2D eigenvalue weighted by molar-refractivity contribution is 7.88. The Balaban J connectivity index is 2.25. The molecule has 0 saturated carbocycles. The largest absolute Gasteiger partial charge is 0.415 e. The maximum Gasteiger partial charge on any atom is 0.178 e. The van der Waals surface area contributed by atoms with Gasteiger partial charge in [0.25, 0.3) is 0 Å². The topological polar surface area (TPSA) is 27.7 Å². The van der Waals surface area contributed by atoms with Gasteiger partial charge in [0, 0.05) is 0 Å². The second-order valence-corrected chi connectivity index (χ2v) is 45.9. The summed E-state index contributed by atoms with van der Waals surface area (Å²) < 4.78 is 22.3. The van der Waals surface area contributed by atoms with E-state index in [-0.39, 0.29) is 16.8 Å². The van der Waals surface area contributed by atoms with Crippen LogP contribution < -0.4 is 0 Å². The summed E-state index contributed by atoms with van der Waals surface area (Å²) in [4.78, 5) is 0. The van der Waals surface area contributed by atoms with E-state index in [1.807, 2.05) is 0 Å². The molecule has 3 unspecified atom stereocenters. The van der Waals surface area contributed by atoms with Crippen molar-refractivity contribution in [3.63, 3.8) is 0 Å². The van der Waals surface area contributed by atoms with Crippen LogP contribution >= 0.6 is 0 Å². The second kappa shape index (κ2) is 8.45. The highest BCUT2D eigenvalue weighted by Gasteiger charge is 2.77. The summed E-state index contributed by atoms with van der Waals surface area (Å²) in [7, 11) is -6.18. The van der Waals surface area contributed by atoms with Crippen LogP contribution in [0.5, 0.6) is 0 Å². The van der Waals surface area contributed by atoms with Crippen molar-refractivity contribution in [2.75, 3.05) is 0 Å². The Morgan fingerprint density at radius 2 is 0.935 bits per heavy atom. The molecule has 0 amide bonds. The van der Waals surface area contributed by atoms with Crippen molar-refractivity contribution in [2.24, 2.45) is 0 Å². The average Bonchev–Trinajstić information content (AvgIpc) is 2.55. The van der Waals surface area contributed by atoms with Crippen LogP contribution in [0.15, 0.2) is 0 Å². The molecule has 0 aromatic carbocycles. The summed E-state index contributed by atoms with van der Waals surface area (Å²) >= 11 is 0. The predicted molar refractivity (Wildman–Crippen MR) is 143 cm³/mol. The Morgan fingerprint density at radius 1 is 0.645 bits per heavy atom. The third-order valence-corrected chi connectivity index (χ3v) is 70.4. The van der Waals surface area contributed by atoms with Crippen molar-refractivity contribution in [3.8, 4) is 0 Å². The zero-order valence-electron chi connectivity index (χ0n) is 22.4. The maximum absolute atomic E-state index is 7.43.